The number of nitrogen functional groups attached to an aromatic ring is 2. The third-order valence-corrected chi connectivity index (χ3v) is 8.58. The molecule has 0 saturated heterocycles. The minimum atomic E-state index is -0.134. The van der Waals surface area contributed by atoms with E-state index < -0.39 is 0 Å². The summed E-state index contributed by atoms with van der Waals surface area (Å²) in [6, 6.07) is 11.6. The van der Waals surface area contributed by atoms with E-state index in [9.17, 15) is 9.59 Å². The number of hydrogen-bond donors (Lipinski definition) is 4. The zero-order valence-corrected chi connectivity index (χ0v) is 22.5. The van der Waals surface area contributed by atoms with Crippen LogP contribution < -0.4 is 22.1 Å². The zero-order valence-electron chi connectivity index (χ0n) is 19.3. The van der Waals surface area contributed by atoms with Crippen LogP contribution in [0.2, 0.25) is 0 Å². The summed E-state index contributed by atoms with van der Waals surface area (Å²) in [7, 11) is 0. The Morgan fingerprint density at radius 3 is 1.50 bits per heavy atom. The van der Waals surface area contributed by atoms with Crippen molar-refractivity contribution in [2.24, 2.45) is 0 Å². The van der Waals surface area contributed by atoms with E-state index in [1.807, 2.05) is 50.2 Å². The lowest BCUT2D eigenvalue weighted by Gasteiger charge is -2.14. The van der Waals surface area contributed by atoms with Gasteiger partial charge in [0.2, 0.25) is 22.1 Å². The second-order valence-corrected chi connectivity index (χ2v) is 12.0. The van der Waals surface area contributed by atoms with E-state index >= 15 is 0 Å². The van der Waals surface area contributed by atoms with Gasteiger partial charge in [-0.25, -0.2) is 0 Å². The maximum atomic E-state index is 12.3. The number of anilines is 4. The van der Waals surface area contributed by atoms with Crippen LogP contribution in [0.15, 0.2) is 45.1 Å². The number of aryl methyl sites for hydroxylation is 2. The summed E-state index contributed by atoms with van der Waals surface area (Å²) in [6.07, 6.45) is 0. The van der Waals surface area contributed by atoms with Gasteiger partial charge < -0.3 is 22.1 Å². The Labute approximate surface area is 223 Å². The predicted molar refractivity (Wildman–Crippen MR) is 149 cm³/mol. The van der Waals surface area contributed by atoms with Crippen molar-refractivity contribution in [2.45, 2.75) is 22.5 Å². The van der Waals surface area contributed by atoms with E-state index in [0.717, 1.165) is 33.6 Å². The fourth-order valence-electron chi connectivity index (χ4n) is 3.29. The van der Waals surface area contributed by atoms with Crippen molar-refractivity contribution in [3.8, 4) is 11.1 Å². The van der Waals surface area contributed by atoms with E-state index in [2.05, 4.69) is 31.0 Å². The third-order valence-electron chi connectivity index (χ3n) is 4.81. The summed E-state index contributed by atoms with van der Waals surface area (Å²) in [6.45, 7) is 3.99. The molecule has 0 bridgehead atoms. The smallest absolute Gasteiger partial charge is 0.234 e. The minimum Gasteiger partial charge on any atom is -0.374 e. The molecule has 186 valence electrons. The number of nitrogens with two attached hydrogens (primary N) is 2. The quantitative estimate of drug-likeness (QED) is 0.218. The molecule has 2 aromatic carbocycles. The van der Waals surface area contributed by atoms with Crippen LogP contribution >= 0.6 is 46.2 Å². The standard InChI is InChI=1S/C22H22N8O2S4/c1-11-7-13(25-17(31)9-33-21-29-27-19(23)35-21)3-5-15(11)16-6-4-14(8-12(16)2)26-18(32)10-34-22-30-28-20(24)36-22/h3-8H,9-10H2,1-2H3,(H2,23,27)(H2,24,28)(H,25,31)(H,26,32). The van der Waals surface area contributed by atoms with E-state index in [4.69, 9.17) is 11.5 Å². The molecule has 2 heterocycles. The average Bonchev–Trinajstić information content (AvgIpc) is 3.44. The summed E-state index contributed by atoms with van der Waals surface area (Å²) >= 11 is 5.09. The van der Waals surface area contributed by atoms with Crippen LogP contribution in [0.25, 0.3) is 11.1 Å². The van der Waals surface area contributed by atoms with Crippen molar-refractivity contribution >= 4 is 79.6 Å². The largest absolute Gasteiger partial charge is 0.374 e. The lowest BCUT2D eigenvalue weighted by atomic mass is 9.96. The molecule has 0 spiro atoms. The molecule has 2 amide bonds. The van der Waals surface area contributed by atoms with Crippen molar-refractivity contribution in [1.29, 1.82) is 0 Å². The highest BCUT2D eigenvalue weighted by Crippen LogP contribution is 2.31. The number of aromatic nitrogens is 4. The highest BCUT2D eigenvalue weighted by Gasteiger charge is 2.12. The third kappa shape index (κ3) is 6.94. The van der Waals surface area contributed by atoms with Crippen LogP contribution in [0.4, 0.5) is 21.6 Å². The van der Waals surface area contributed by atoms with Crippen LogP contribution in [0, 0.1) is 13.8 Å². The van der Waals surface area contributed by atoms with Gasteiger partial charge in [-0.05, 0) is 60.4 Å². The molecule has 10 nitrogen and oxygen atoms in total. The van der Waals surface area contributed by atoms with Gasteiger partial charge in [-0.1, -0.05) is 58.3 Å². The number of thioether (sulfide) groups is 2. The molecule has 4 rings (SSSR count). The van der Waals surface area contributed by atoms with Crippen molar-refractivity contribution < 1.29 is 9.59 Å². The van der Waals surface area contributed by atoms with E-state index in [0.29, 0.717) is 18.9 Å². The number of nitrogens with zero attached hydrogens (tertiary/aromatic N) is 4. The van der Waals surface area contributed by atoms with Crippen LogP contribution in [0.5, 0.6) is 0 Å². The monoisotopic (exact) mass is 558 g/mol. The van der Waals surface area contributed by atoms with Gasteiger partial charge in [-0.2, -0.15) is 0 Å². The number of hydrogen-bond acceptors (Lipinski definition) is 12. The maximum absolute atomic E-state index is 12.3. The highest BCUT2D eigenvalue weighted by molar-refractivity contribution is 8.02. The molecule has 0 radical (unpaired) electrons. The SMILES string of the molecule is Cc1cc(NC(=O)CSc2nnc(N)s2)ccc1-c1ccc(NC(=O)CSc2nnc(N)s2)cc1C. The van der Waals surface area contributed by atoms with Crippen molar-refractivity contribution in [3.63, 3.8) is 0 Å². The van der Waals surface area contributed by atoms with E-state index in [1.165, 1.54) is 46.2 Å². The van der Waals surface area contributed by atoms with E-state index in [-0.39, 0.29) is 23.3 Å². The Balaban J connectivity index is 1.35. The van der Waals surface area contributed by atoms with Crippen molar-refractivity contribution in [3.05, 3.63) is 47.5 Å². The fraction of sp³-hybridized carbons (Fsp3) is 0.182. The number of amides is 2. The van der Waals surface area contributed by atoms with Crippen molar-refractivity contribution in [1.82, 2.24) is 20.4 Å². The number of carbonyl (C=O) groups excluding carboxylic acids is 2. The van der Waals surface area contributed by atoms with Crippen LogP contribution in [0.1, 0.15) is 11.1 Å². The molecular weight excluding hydrogens is 537 g/mol. The van der Waals surface area contributed by atoms with Crippen LogP contribution in [0.3, 0.4) is 0 Å². The van der Waals surface area contributed by atoms with Gasteiger partial charge in [0.25, 0.3) is 0 Å². The van der Waals surface area contributed by atoms with Gasteiger partial charge >= 0.3 is 0 Å². The molecule has 4 aromatic rings. The van der Waals surface area contributed by atoms with Crippen LogP contribution in [-0.4, -0.2) is 43.7 Å². The fourth-order valence-corrected chi connectivity index (χ4v) is 6.17. The molecule has 0 fully saturated rings. The zero-order chi connectivity index (χ0) is 25.7. The highest BCUT2D eigenvalue weighted by atomic mass is 32.2. The molecule has 0 saturated carbocycles. The summed E-state index contributed by atoms with van der Waals surface area (Å²) in [5, 5.41) is 21.9. The molecule has 0 aliphatic carbocycles. The number of carbonyl (C=O) groups is 2. The molecule has 6 N–H and O–H groups in total. The first-order chi connectivity index (χ1) is 17.3. The Morgan fingerprint density at radius 2 is 1.17 bits per heavy atom. The molecule has 36 heavy (non-hydrogen) atoms. The molecule has 14 heteroatoms. The molecule has 0 atom stereocenters. The first-order valence-electron chi connectivity index (χ1n) is 10.5. The summed E-state index contributed by atoms with van der Waals surface area (Å²) in [5.74, 6) is 0.166. The summed E-state index contributed by atoms with van der Waals surface area (Å²) in [4.78, 5) is 24.6. The van der Waals surface area contributed by atoms with Crippen molar-refractivity contribution in [2.75, 3.05) is 33.6 Å². The van der Waals surface area contributed by atoms with Crippen LogP contribution in [-0.2, 0) is 9.59 Å². The first-order valence-corrected chi connectivity index (χ1v) is 14.1. The lowest BCUT2D eigenvalue weighted by Crippen LogP contribution is -2.14. The summed E-state index contributed by atoms with van der Waals surface area (Å²) in [5.41, 5.74) is 16.7. The second kappa shape index (κ2) is 11.7. The van der Waals surface area contributed by atoms with Gasteiger partial charge in [0, 0.05) is 11.4 Å². The topological polar surface area (TPSA) is 162 Å². The van der Waals surface area contributed by atoms with E-state index in [1.54, 1.807) is 0 Å². The molecule has 2 aromatic heterocycles. The van der Waals surface area contributed by atoms with Gasteiger partial charge in [0.05, 0.1) is 11.5 Å². The Morgan fingerprint density at radius 1 is 0.750 bits per heavy atom. The number of benzene rings is 2. The average molecular weight is 559 g/mol. The lowest BCUT2D eigenvalue weighted by molar-refractivity contribution is -0.114. The second-order valence-electron chi connectivity index (χ2n) is 7.55. The minimum absolute atomic E-state index is 0.134. The van der Waals surface area contributed by atoms with Gasteiger partial charge in [0.15, 0.2) is 8.68 Å². The first kappa shape index (κ1) is 25.9. The molecule has 0 aliphatic heterocycles. The maximum Gasteiger partial charge on any atom is 0.234 e. The molecule has 0 aliphatic rings. The summed E-state index contributed by atoms with van der Waals surface area (Å²) < 4.78 is 1.31. The molecule has 0 unspecified atom stereocenters. The Hall–Kier alpha value is -3.20. The normalized spacial score (nSPS) is 10.8. The molecular formula is C22H22N8O2S4. The number of nitrogens with one attached hydrogen (secondary N) is 2. The number of rotatable bonds is 9. The van der Waals surface area contributed by atoms with Gasteiger partial charge in [-0.15, -0.1) is 20.4 Å². The Bertz CT molecular complexity index is 1300. The van der Waals surface area contributed by atoms with Gasteiger partial charge in [0.1, 0.15) is 0 Å². The predicted octanol–water partition coefficient (Wildman–Crippen LogP) is 4.30. The van der Waals surface area contributed by atoms with Gasteiger partial charge in [-0.3, -0.25) is 9.59 Å². The Kier molecular flexibility index (Phi) is 8.40.